The third-order valence-corrected chi connectivity index (χ3v) is 1.47. The average Bonchev–Trinajstić information content (AvgIpc) is 1.93. The van der Waals surface area contributed by atoms with E-state index in [4.69, 9.17) is 16.7 Å². The van der Waals surface area contributed by atoms with Gasteiger partial charge in [0.25, 0.3) is 0 Å². The molecule has 0 spiro atoms. The molecule has 0 aliphatic carbocycles. The van der Waals surface area contributed by atoms with Crippen LogP contribution in [0, 0.1) is 0 Å². The van der Waals surface area contributed by atoms with Crippen LogP contribution in [0.4, 0.5) is 0 Å². The lowest BCUT2D eigenvalue weighted by molar-refractivity contribution is 0.475. The van der Waals surface area contributed by atoms with Crippen LogP contribution in [0.25, 0.3) is 0 Å². The molecule has 0 aliphatic rings. The van der Waals surface area contributed by atoms with Crippen LogP contribution in [0.2, 0.25) is 0 Å². The van der Waals surface area contributed by atoms with Gasteiger partial charge >= 0.3 is 0 Å². The lowest BCUT2D eigenvalue weighted by Crippen LogP contribution is -1.81. The summed E-state index contributed by atoms with van der Waals surface area (Å²) in [5, 5.41) is 9.54. The van der Waals surface area contributed by atoms with Crippen molar-refractivity contribution in [1.29, 1.82) is 0 Å². The van der Waals surface area contributed by atoms with Crippen LogP contribution in [-0.2, 0) is 6.42 Å². The van der Waals surface area contributed by atoms with Gasteiger partial charge in [-0.05, 0) is 17.7 Å². The van der Waals surface area contributed by atoms with Crippen molar-refractivity contribution in [2.45, 2.75) is 6.42 Å². The van der Waals surface area contributed by atoms with Crippen molar-refractivity contribution in [1.82, 2.24) is 0 Å². The van der Waals surface area contributed by atoms with Gasteiger partial charge in [-0.1, -0.05) is 30.3 Å². The lowest BCUT2D eigenvalue weighted by atomic mass is 10.1. The van der Waals surface area contributed by atoms with Gasteiger partial charge in [0, 0.05) is 11.5 Å². The largest absolute Gasteiger partial charge is 0.508 e. The van der Waals surface area contributed by atoms with E-state index in [1.54, 1.807) is 12.1 Å². The van der Waals surface area contributed by atoms with Crippen molar-refractivity contribution >= 4 is 11.6 Å². The maximum atomic E-state index is 8.94. The number of phenolic OH excluding ortho intramolecular Hbond substituents is 1. The Morgan fingerprint density at radius 2 is 1.91 bits per heavy atom. The van der Waals surface area contributed by atoms with E-state index >= 15 is 0 Å². The molecule has 1 rings (SSSR count). The minimum Gasteiger partial charge on any atom is -0.508 e. The highest BCUT2D eigenvalue weighted by molar-refractivity contribution is 6.29. The first-order chi connectivity index (χ1) is 5.18. The predicted molar refractivity (Wildman–Crippen MR) is 46.8 cm³/mol. The standard InChI is InChI=1S/C9H9ClO/c1-7(10)6-8-2-4-9(11)5-3-8/h2-5,11H,1,6H2. The molecule has 0 aromatic heterocycles. The second kappa shape index (κ2) is 3.44. The number of phenols is 1. The number of rotatable bonds is 2. The van der Waals surface area contributed by atoms with Crippen LogP contribution >= 0.6 is 11.6 Å². The van der Waals surface area contributed by atoms with Gasteiger partial charge in [0.15, 0.2) is 0 Å². The summed E-state index contributed by atoms with van der Waals surface area (Å²) in [7, 11) is 0. The normalized spacial score (nSPS) is 9.55. The summed E-state index contributed by atoms with van der Waals surface area (Å²) in [6, 6.07) is 6.91. The molecule has 0 bridgehead atoms. The number of benzene rings is 1. The molecule has 0 unspecified atom stereocenters. The topological polar surface area (TPSA) is 20.2 Å². The monoisotopic (exact) mass is 168 g/mol. The Morgan fingerprint density at radius 3 is 2.36 bits per heavy atom. The Kier molecular flexibility index (Phi) is 2.55. The Hall–Kier alpha value is -0.950. The molecule has 1 N–H and O–H groups in total. The third-order valence-electron chi connectivity index (χ3n) is 1.33. The quantitative estimate of drug-likeness (QED) is 0.720. The van der Waals surface area contributed by atoms with Crippen molar-refractivity contribution in [3.8, 4) is 5.75 Å². The van der Waals surface area contributed by atoms with Gasteiger partial charge in [-0.2, -0.15) is 0 Å². The highest BCUT2D eigenvalue weighted by atomic mass is 35.5. The van der Waals surface area contributed by atoms with E-state index in [2.05, 4.69) is 6.58 Å². The van der Waals surface area contributed by atoms with Crippen molar-refractivity contribution in [2.24, 2.45) is 0 Å². The fourth-order valence-electron chi connectivity index (χ4n) is 0.835. The molecule has 0 fully saturated rings. The van der Waals surface area contributed by atoms with Crippen LogP contribution in [-0.4, -0.2) is 5.11 Å². The number of halogens is 1. The molecule has 2 heteroatoms. The molecule has 0 radical (unpaired) electrons. The first-order valence-electron chi connectivity index (χ1n) is 3.29. The number of hydrogen-bond acceptors (Lipinski definition) is 1. The Morgan fingerprint density at radius 1 is 1.36 bits per heavy atom. The minimum atomic E-state index is 0.272. The van der Waals surface area contributed by atoms with Gasteiger partial charge in [0.05, 0.1) is 0 Å². The van der Waals surface area contributed by atoms with E-state index in [1.807, 2.05) is 12.1 Å². The molecule has 0 amide bonds. The zero-order valence-corrected chi connectivity index (χ0v) is 6.80. The first-order valence-corrected chi connectivity index (χ1v) is 3.67. The second-order valence-corrected chi connectivity index (χ2v) is 2.90. The van der Waals surface area contributed by atoms with E-state index in [0.717, 1.165) is 5.56 Å². The van der Waals surface area contributed by atoms with Crippen LogP contribution in [0.15, 0.2) is 35.9 Å². The molecule has 0 atom stereocenters. The highest BCUT2D eigenvalue weighted by Crippen LogP contribution is 2.13. The number of hydrogen-bond donors (Lipinski definition) is 1. The SMILES string of the molecule is C=C(Cl)Cc1ccc(O)cc1. The van der Waals surface area contributed by atoms with Crippen molar-refractivity contribution < 1.29 is 5.11 Å². The Balaban J connectivity index is 2.74. The summed E-state index contributed by atoms with van der Waals surface area (Å²) >= 11 is 5.60. The zero-order valence-electron chi connectivity index (χ0n) is 6.05. The lowest BCUT2D eigenvalue weighted by Gasteiger charge is -1.97. The van der Waals surface area contributed by atoms with Crippen LogP contribution in [0.1, 0.15) is 5.56 Å². The van der Waals surface area contributed by atoms with E-state index < -0.39 is 0 Å². The molecule has 0 saturated carbocycles. The molecule has 0 saturated heterocycles. The fourth-order valence-corrected chi connectivity index (χ4v) is 0.990. The van der Waals surface area contributed by atoms with Crippen LogP contribution in [0.5, 0.6) is 5.75 Å². The second-order valence-electron chi connectivity index (χ2n) is 2.36. The number of allylic oxidation sites excluding steroid dienone is 1. The Bertz CT molecular complexity index is 251. The fraction of sp³-hybridized carbons (Fsp3) is 0.111. The van der Waals surface area contributed by atoms with E-state index in [0.29, 0.717) is 11.5 Å². The highest BCUT2D eigenvalue weighted by Gasteiger charge is 1.93. The molecule has 1 nitrogen and oxygen atoms in total. The molecular formula is C9H9ClO. The summed E-state index contributed by atoms with van der Waals surface area (Å²) in [5.74, 6) is 0.272. The summed E-state index contributed by atoms with van der Waals surface area (Å²) in [4.78, 5) is 0. The van der Waals surface area contributed by atoms with Gasteiger partial charge in [-0.3, -0.25) is 0 Å². The van der Waals surface area contributed by atoms with E-state index in [1.165, 1.54) is 0 Å². The first kappa shape index (κ1) is 8.15. The summed E-state index contributed by atoms with van der Waals surface area (Å²) in [5.41, 5.74) is 1.06. The summed E-state index contributed by atoms with van der Waals surface area (Å²) in [6.07, 6.45) is 0.655. The van der Waals surface area contributed by atoms with Gasteiger partial charge in [-0.25, -0.2) is 0 Å². The van der Waals surface area contributed by atoms with E-state index in [9.17, 15) is 0 Å². The van der Waals surface area contributed by atoms with Gasteiger partial charge in [-0.15, -0.1) is 0 Å². The van der Waals surface area contributed by atoms with Crippen molar-refractivity contribution in [3.05, 3.63) is 41.4 Å². The maximum absolute atomic E-state index is 8.94. The van der Waals surface area contributed by atoms with Crippen LogP contribution in [0.3, 0.4) is 0 Å². The maximum Gasteiger partial charge on any atom is 0.115 e. The average molecular weight is 169 g/mol. The molecular weight excluding hydrogens is 160 g/mol. The molecule has 58 valence electrons. The summed E-state index contributed by atoms with van der Waals surface area (Å²) < 4.78 is 0. The number of aromatic hydroxyl groups is 1. The van der Waals surface area contributed by atoms with Gasteiger partial charge < -0.3 is 5.11 Å². The minimum absolute atomic E-state index is 0.272. The smallest absolute Gasteiger partial charge is 0.115 e. The summed E-state index contributed by atoms with van der Waals surface area (Å²) in [6.45, 7) is 3.58. The van der Waals surface area contributed by atoms with Gasteiger partial charge in [0.2, 0.25) is 0 Å². The third kappa shape index (κ3) is 2.64. The van der Waals surface area contributed by atoms with Crippen molar-refractivity contribution in [3.63, 3.8) is 0 Å². The molecule has 11 heavy (non-hydrogen) atoms. The molecule has 1 aromatic carbocycles. The van der Waals surface area contributed by atoms with Crippen LogP contribution < -0.4 is 0 Å². The zero-order chi connectivity index (χ0) is 8.27. The molecule has 0 aliphatic heterocycles. The molecule has 1 aromatic rings. The molecule has 0 heterocycles. The van der Waals surface area contributed by atoms with Gasteiger partial charge in [0.1, 0.15) is 5.75 Å². The Labute approximate surface area is 70.9 Å². The van der Waals surface area contributed by atoms with Crippen molar-refractivity contribution in [2.75, 3.05) is 0 Å². The van der Waals surface area contributed by atoms with E-state index in [-0.39, 0.29) is 5.75 Å². The predicted octanol–water partition coefficient (Wildman–Crippen LogP) is 2.69.